The van der Waals surface area contributed by atoms with Gasteiger partial charge in [-0.15, -0.1) is 0 Å². The summed E-state index contributed by atoms with van der Waals surface area (Å²) < 4.78 is 49.5. The lowest BCUT2D eigenvalue weighted by molar-refractivity contribution is 0.0169. The van der Waals surface area contributed by atoms with Crippen molar-refractivity contribution in [1.29, 1.82) is 0 Å². The third kappa shape index (κ3) is 6.07. The molecule has 0 saturated carbocycles. The van der Waals surface area contributed by atoms with Gasteiger partial charge in [0.15, 0.2) is 0 Å². The number of hydrogen-bond donors (Lipinski definition) is 1. The minimum absolute atomic E-state index is 0.00309. The molecule has 0 bridgehead atoms. The van der Waals surface area contributed by atoms with Crippen LogP contribution in [-0.2, 0) is 21.5 Å². The second-order valence-electron chi connectivity index (χ2n) is 9.69. The molecule has 1 fully saturated rings. The topological polar surface area (TPSA) is 79.3 Å². The lowest BCUT2D eigenvalue weighted by Crippen LogP contribution is -2.55. The number of hydrogen-bond acceptors (Lipinski definition) is 4. The predicted molar refractivity (Wildman–Crippen MR) is 131 cm³/mol. The Labute approximate surface area is 203 Å². The van der Waals surface area contributed by atoms with Crippen molar-refractivity contribution in [3.63, 3.8) is 0 Å². The molecule has 2 aromatic carbocycles. The summed E-state index contributed by atoms with van der Waals surface area (Å²) in [5.41, 5.74) is -0.345. The van der Waals surface area contributed by atoms with Crippen LogP contribution in [0.2, 0.25) is 0 Å². The average molecular weight is 493 g/mol. The number of carbonyl (C=O) groups is 1. The molecule has 0 aromatic heterocycles. The number of piperidine rings is 1. The van der Waals surface area contributed by atoms with Gasteiger partial charge in [-0.05, 0) is 89.4 Å². The van der Waals surface area contributed by atoms with Crippen molar-refractivity contribution in [2.24, 2.45) is 0 Å². The van der Waals surface area contributed by atoms with Crippen LogP contribution in [0.4, 0.5) is 14.9 Å². The SMILES string of the molecule is CC(C)Oc1ccc(N(S(=O)O)C2(c3ccc(F)cc3)CCN(C(=O)OC(C)(C)C)CC2)cc1. The Hall–Kier alpha value is -2.65. The van der Waals surface area contributed by atoms with E-state index in [1.165, 1.54) is 16.4 Å². The molecule has 1 aliphatic heterocycles. The van der Waals surface area contributed by atoms with Crippen LogP contribution in [-0.4, -0.2) is 44.5 Å². The normalized spacial score (nSPS) is 16.8. The molecule has 1 unspecified atom stereocenters. The molecule has 1 N–H and O–H groups in total. The Morgan fingerprint density at radius 2 is 1.65 bits per heavy atom. The molecule has 186 valence electrons. The minimum atomic E-state index is -2.39. The highest BCUT2D eigenvalue weighted by atomic mass is 32.2. The van der Waals surface area contributed by atoms with Gasteiger partial charge in [0.2, 0.25) is 0 Å². The quantitative estimate of drug-likeness (QED) is 0.540. The Bertz CT molecular complexity index is 997. The average Bonchev–Trinajstić information content (AvgIpc) is 2.74. The lowest BCUT2D eigenvalue weighted by Gasteiger charge is -2.48. The van der Waals surface area contributed by atoms with E-state index in [4.69, 9.17) is 9.47 Å². The predicted octanol–water partition coefficient (Wildman–Crippen LogP) is 5.48. The number of halogens is 1. The van der Waals surface area contributed by atoms with E-state index in [0.717, 1.165) is 0 Å². The number of amides is 1. The van der Waals surface area contributed by atoms with Crippen molar-refractivity contribution in [2.75, 3.05) is 17.4 Å². The summed E-state index contributed by atoms with van der Waals surface area (Å²) in [6.07, 6.45) is 0.284. The number of likely N-dealkylation sites (tertiary alicyclic amines) is 1. The molecule has 7 nitrogen and oxygen atoms in total. The van der Waals surface area contributed by atoms with Crippen LogP contribution < -0.4 is 9.04 Å². The maximum Gasteiger partial charge on any atom is 0.410 e. The third-order valence-corrected chi connectivity index (χ3v) is 6.48. The van der Waals surface area contributed by atoms with Crippen molar-refractivity contribution >= 4 is 23.0 Å². The number of anilines is 1. The summed E-state index contributed by atoms with van der Waals surface area (Å²) in [6, 6.07) is 12.9. The zero-order chi connectivity index (χ0) is 25.1. The van der Waals surface area contributed by atoms with Crippen LogP contribution in [0.5, 0.6) is 5.75 Å². The van der Waals surface area contributed by atoms with Crippen molar-refractivity contribution in [1.82, 2.24) is 4.90 Å². The highest BCUT2D eigenvalue weighted by Crippen LogP contribution is 2.43. The smallest absolute Gasteiger partial charge is 0.410 e. The van der Waals surface area contributed by atoms with E-state index in [2.05, 4.69) is 0 Å². The minimum Gasteiger partial charge on any atom is -0.491 e. The molecule has 0 aliphatic carbocycles. The lowest BCUT2D eigenvalue weighted by atomic mass is 9.80. The van der Waals surface area contributed by atoms with Crippen LogP contribution in [0, 0.1) is 5.82 Å². The second-order valence-corrected chi connectivity index (χ2v) is 10.5. The molecule has 1 saturated heterocycles. The Morgan fingerprint density at radius 1 is 1.09 bits per heavy atom. The van der Waals surface area contributed by atoms with Crippen LogP contribution in [0.3, 0.4) is 0 Å². The van der Waals surface area contributed by atoms with Gasteiger partial charge in [0.05, 0.1) is 17.3 Å². The number of nitrogens with zero attached hydrogens (tertiary/aromatic N) is 2. The summed E-state index contributed by atoms with van der Waals surface area (Å²) in [5, 5.41) is 0. The molecule has 34 heavy (non-hydrogen) atoms. The zero-order valence-electron chi connectivity index (χ0n) is 20.3. The summed E-state index contributed by atoms with van der Waals surface area (Å²) in [5.74, 6) is 0.259. The molecule has 3 rings (SSSR count). The van der Waals surface area contributed by atoms with Gasteiger partial charge in [-0.3, -0.25) is 8.86 Å². The Morgan fingerprint density at radius 3 is 2.12 bits per heavy atom. The fourth-order valence-corrected chi connectivity index (χ4v) is 5.06. The number of ether oxygens (including phenoxy) is 2. The largest absolute Gasteiger partial charge is 0.491 e. The van der Waals surface area contributed by atoms with E-state index in [1.54, 1.807) is 62.1 Å². The number of benzene rings is 2. The van der Waals surface area contributed by atoms with Gasteiger partial charge >= 0.3 is 6.09 Å². The summed E-state index contributed by atoms with van der Waals surface area (Å²) in [7, 11) is 0. The molecule has 0 radical (unpaired) electrons. The molecule has 2 aromatic rings. The maximum atomic E-state index is 13.7. The second kappa shape index (κ2) is 10.3. The fraction of sp³-hybridized carbons (Fsp3) is 0.480. The van der Waals surface area contributed by atoms with Crippen LogP contribution >= 0.6 is 0 Å². The van der Waals surface area contributed by atoms with E-state index in [9.17, 15) is 17.9 Å². The van der Waals surface area contributed by atoms with E-state index in [-0.39, 0.29) is 6.10 Å². The first kappa shape index (κ1) is 26.0. The fourth-order valence-electron chi connectivity index (χ4n) is 4.17. The van der Waals surface area contributed by atoms with E-state index in [1.807, 2.05) is 13.8 Å². The molecule has 0 spiro atoms. The van der Waals surface area contributed by atoms with Gasteiger partial charge < -0.3 is 14.4 Å². The zero-order valence-corrected chi connectivity index (χ0v) is 21.1. The first-order chi connectivity index (χ1) is 15.9. The Kier molecular flexibility index (Phi) is 7.88. The highest BCUT2D eigenvalue weighted by Gasteiger charge is 2.45. The molecule has 1 amide bonds. The number of rotatable bonds is 6. The molecule has 9 heteroatoms. The van der Waals surface area contributed by atoms with Crippen molar-refractivity contribution in [3.05, 3.63) is 59.9 Å². The first-order valence-corrected chi connectivity index (χ1v) is 12.4. The third-order valence-electron chi connectivity index (χ3n) is 5.61. The van der Waals surface area contributed by atoms with Crippen molar-refractivity contribution in [2.45, 2.75) is 64.7 Å². The van der Waals surface area contributed by atoms with E-state index in [0.29, 0.717) is 42.9 Å². The van der Waals surface area contributed by atoms with Gasteiger partial charge in [-0.1, -0.05) is 12.1 Å². The van der Waals surface area contributed by atoms with Crippen molar-refractivity contribution < 1.29 is 27.4 Å². The van der Waals surface area contributed by atoms with Gasteiger partial charge in [0, 0.05) is 13.1 Å². The number of carbonyl (C=O) groups excluding carboxylic acids is 1. The van der Waals surface area contributed by atoms with E-state index < -0.39 is 34.3 Å². The summed E-state index contributed by atoms with van der Waals surface area (Å²) >= 11 is -2.39. The molecule has 1 aliphatic rings. The van der Waals surface area contributed by atoms with Crippen LogP contribution in [0.25, 0.3) is 0 Å². The standard InChI is InChI=1S/C25H33FN2O5S/c1-18(2)32-22-12-10-21(11-13-22)28(34(30)31)25(19-6-8-20(26)9-7-19)14-16-27(17-15-25)23(29)33-24(3,4)5/h6-13,18H,14-17H2,1-5H3,(H,30,31). The van der Waals surface area contributed by atoms with Crippen molar-refractivity contribution in [3.8, 4) is 5.75 Å². The van der Waals surface area contributed by atoms with Gasteiger partial charge in [0.1, 0.15) is 17.2 Å². The van der Waals surface area contributed by atoms with E-state index >= 15 is 0 Å². The van der Waals surface area contributed by atoms with Gasteiger partial charge in [-0.2, -0.15) is 0 Å². The molecular formula is C25H33FN2O5S. The van der Waals surface area contributed by atoms with Crippen LogP contribution in [0.15, 0.2) is 48.5 Å². The molecule has 1 atom stereocenters. The maximum absolute atomic E-state index is 13.7. The molecule has 1 heterocycles. The Balaban J connectivity index is 1.97. The first-order valence-electron chi connectivity index (χ1n) is 11.3. The highest BCUT2D eigenvalue weighted by molar-refractivity contribution is 7.80. The molecular weight excluding hydrogens is 459 g/mol. The van der Waals surface area contributed by atoms with Gasteiger partial charge in [-0.25, -0.2) is 13.4 Å². The van der Waals surface area contributed by atoms with Gasteiger partial charge in [0.25, 0.3) is 11.3 Å². The van der Waals surface area contributed by atoms with Crippen LogP contribution in [0.1, 0.15) is 53.0 Å². The monoisotopic (exact) mass is 492 g/mol. The summed E-state index contributed by atoms with van der Waals surface area (Å²) in [4.78, 5) is 14.2. The summed E-state index contributed by atoms with van der Waals surface area (Å²) in [6.45, 7) is 9.89.